The Morgan fingerprint density at radius 2 is 2.05 bits per heavy atom. The summed E-state index contributed by atoms with van der Waals surface area (Å²) in [5.41, 5.74) is 0.306. The minimum atomic E-state index is -0.615. The molecule has 0 aliphatic heterocycles. The molecule has 2 N–H and O–H groups in total. The summed E-state index contributed by atoms with van der Waals surface area (Å²) in [7, 11) is 0. The van der Waals surface area contributed by atoms with Crippen LogP contribution in [0.1, 0.15) is 31.1 Å². The average molecular weight is 284 g/mol. The van der Waals surface area contributed by atoms with Crippen LogP contribution in [-0.4, -0.2) is 29.4 Å². The van der Waals surface area contributed by atoms with Crippen LogP contribution in [0.5, 0.6) is 0 Å². The molecule has 0 aliphatic rings. The Hall–Kier alpha value is -1.62. The number of carbonyl (C=O) groups is 2. The second kappa shape index (κ2) is 7.09. The Bertz CT molecular complexity index is 463. The van der Waals surface area contributed by atoms with Gasteiger partial charge in [0, 0.05) is 18.9 Å². The van der Waals surface area contributed by atoms with Gasteiger partial charge < -0.3 is 10.6 Å². The van der Waals surface area contributed by atoms with E-state index in [-0.39, 0.29) is 16.8 Å². The topological polar surface area (TPSA) is 71.1 Å². The molecule has 0 bridgehead atoms. The maximum absolute atomic E-state index is 11.9. The van der Waals surface area contributed by atoms with Gasteiger partial charge in [-0.3, -0.25) is 14.6 Å². The molecule has 0 radical (unpaired) electrons. The van der Waals surface area contributed by atoms with E-state index < -0.39 is 6.04 Å². The van der Waals surface area contributed by atoms with E-state index >= 15 is 0 Å². The smallest absolute Gasteiger partial charge is 0.253 e. The van der Waals surface area contributed by atoms with Crippen LogP contribution in [-0.2, 0) is 4.79 Å². The highest BCUT2D eigenvalue weighted by Crippen LogP contribution is 2.13. The van der Waals surface area contributed by atoms with Crippen molar-refractivity contribution in [1.29, 1.82) is 0 Å². The molecule has 104 valence electrons. The van der Waals surface area contributed by atoms with Gasteiger partial charge in [-0.05, 0) is 18.9 Å². The molecule has 6 heteroatoms. The lowest BCUT2D eigenvalue weighted by molar-refractivity contribution is -0.122. The summed E-state index contributed by atoms with van der Waals surface area (Å²) >= 11 is 5.86. The summed E-state index contributed by atoms with van der Waals surface area (Å²) in [5, 5.41) is 5.61. The summed E-state index contributed by atoms with van der Waals surface area (Å²) in [6, 6.07) is 0.895. The van der Waals surface area contributed by atoms with Crippen molar-refractivity contribution < 1.29 is 9.59 Å². The minimum absolute atomic E-state index is 0.216. The Morgan fingerprint density at radius 1 is 1.37 bits per heavy atom. The monoisotopic (exact) mass is 283 g/mol. The summed E-state index contributed by atoms with van der Waals surface area (Å²) in [5.74, 6) is -0.242. The van der Waals surface area contributed by atoms with E-state index in [9.17, 15) is 9.59 Å². The second-order valence-corrected chi connectivity index (χ2v) is 5.10. The van der Waals surface area contributed by atoms with E-state index in [0.29, 0.717) is 18.0 Å². The third-order valence-corrected chi connectivity index (χ3v) is 2.74. The van der Waals surface area contributed by atoms with Crippen LogP contribution in [0.4, 0.5) is 0 Å². The molecular weight excluding hydrogens is 266 g/mol. The second-order valence-electron chi connectivity index (χ2n) is 4.69. The summed E-state index contributed by atoms with van der Waals surface area (Å²) in [6.07, 6.45) is 2.87. The molecule has 1 aromatic rings. The van der Waals surface area contributed by atoms with Crippen molar-refractivity contribution in [2.75, 3.05) is 6.54 Å². The molecule has 0 aromatic carbocycles. The van der Waals surface area contributed by atoms with Gasteiger partial charge in [0.15, 0.2) is 0 Å². The molecule has 0 saturated carbocycles. The Morgan fingerprint density at radius 3 is 2.63 bits per heavy atom. The van der Waals surface area contributed by atoms with E-state index in [0.717, 1.165) is 0 Å². The molecule has 0 aliphatic carbocycles. The maximum atomic E-state index is 11.9. The fraction of sp³-hybridized carbons (Fsp3) is 0.462. The van der Waals surface area contributed by atoms with E-state index in [1.165, 1.54) is 18.5 Å². The molecule has 19 heavy (non-hydrogen) atoms. The van der Waals surface area contributed by atoms with E-state index in [1.54, 1.807) is 6.92 Å². The Labute approximate surface area is 117 Å². The van der Waals surface area contributed by atoms with Gasteiger partial charge in [-0.25, -0.2) is 0 Å². The molecule has 1 aromatic heterocycles. The number of hydrogen-bond donors (Lipinski definition) is 2. The normalized spacial score (nSPS) is 12.1. The van der Waals surface area contributed by atoms with Crippen molar-refractivity contribution in [1.82, 2.24) is 15.6 Å². The lowest BCUT2D eigenvalue weighted by Gasteiger charge is -2.15. The number of amides is 2. The molecule has 0 saturated heterocycles. The molecule has 0 spiro atoms. The predicted molar refractivity (Wildman–Crippen MR) is 74.0 cm³/mol. The highest BCUT2D eigenvalue weighted by molar-refractivity contribution is 6.33. The fourth-order valence-corrected chi connectivity index (χ4v) is 1.56. The molecular formula is C13H18ClN3O2. The number of hydrogen-bond acceptors (Lipinski definition) is 3. The first kappa shape index (κ1) is 15.4. The number of rotatable bonds is 5. The van der Waals surface area contributed by atoms with Gasteiger partial charge in [-0.15, -0.1) is 0 Å². The molecule has 0 fully saturated rings. The third-order valence-electron chi connectivity index (χ3n) is 2.44. The third kappa shape index (κ3) is 4.87. The number of nitrogens with one attached hydrogen (secondary N) is 2. The molecule has 1 unspecified atom stereocenters. The van der Waals surface area contributed by atoms with Crippen molar-refractivity contribution >= 4 is 23.4 Å². The van der Waals surface area contributed by atoms with Crippen LogP contribution < -0.4 is 10.6 Å². The Kier molecular flexibility index (Phi) is 5.76. The zero-order valence-corrected chi connectivity index (χ0v) is 12.0. The number of halogens is 1. The average Bonchev–Trinajstić information content (AvgIpc) is 2.36. The van der Waals surface area contributed by atoms with Gasteiger partial charge in [0.25, 0.3) is 5.91 Å². The number of nitrogens with zero attached hydrogens (tertiary/aromatic N) is 1. The molecule has 1 rings (SSSR count). The SMILES string of the molecule is CC(C)CNC(=O)C(C)NC(=O)c1ccncc1Cl. The fourth-order valence-electron chi connectivity index (χ4n) is 1.36. The molecule has 2 amide bonds. The van der Waals surface area contributed by atoms with Crippen molar-refractivity contribution in [2.24, 2.45) is 5.92 Å². The zero-order valence-electron chi connectivity index (χ0n) is 11.2. The van der Waals surface area contributed by atoms with Crippen LogP contribution in [0, 0.1) is 5.92 Å². The molecule has 1 heterocycles. The quantitative estimate of drug-likeness (QED) is 0.863. The van der Waals surface area contributed by atoms with E-state index in [1.807, 2.05) is 13.8 Å². The van der Waals surface area contributed by atoms with Gasteiger partial charge in [0.2, 0.25) is 5.91 Å². The van der Waals surface area contributed by atoms with Gasteiger partial charge in [0.05, 0.1) is 10.6 Å². The Balaban J connectivity index is 2.57. The van der Waals surface area contributed by atoms with Crippen molar-refractivity contribution in [3.05, 3.63) is 29.0 Å². The van der Waals surface area contributed by atoms with Gasteiger partial charge in [-0.2, -0.15) is 0 Å². The predicted octanol–water partition coefficient (Wildman–Crippen LogP) is 1.63. The number of aromatic nitrogens is 1. The zero-order chi connectivity index (χ0) is 14.4. The first-order chi connectivity index (χ1) is 8.91. The summed E-state index contributed by atoms with van der Waals surface area (Å²) in [4.78, 5) is 27.4. The van der Waals surface area contributed by atoms with Gasteiger partial charge in [0.1, 0.15) is 6.04 Å². The number of carbonyl (C=O) groups excluding carboxylic acids is 2. The standard InChI is InChI=1S/C13H18ClN3O2/c1-8(2)6-16-12(18)9(3)17-13(19)10-4-5-15-7-11(10)14/h4-5,7-9H,6H2,1-3H3,(H,16,18)(H,17,19). The van der Waals surface area contributed by atoms with E-state index in [2.05, 4.69) is 15.6 Å². The molecule has 5 nitrogen and oxygen atoms in total. The van der Waals surface area contributed by atoms with Crippen LogP contribution in [0.2, 0.25) is 5.02 Å². The van der Waals surface area contributed by atoms with Crippen molar-refractivity contribution in [3.8, 4) is 0 Å². The van der Waals surface area contributed by atoms with Gasteiger partial charge in [-0.1, -0.05) is 25.4 Å². The number of pyridine rings is 1. The first-order valence-corrected chi connectivity index (χ1v) is 6.47. The van der Waals surface area contributed by atoms with Crippen molar-refractivity contribution in [2.45, 2.75) is 26.8 Å². The molecule has 1 atom stereocenters. The highest BCUT2D eigenvalue weighted by atomic mass is 35.5. The van der Waals surface area contributed by atoms with Crippen LogP contribution in [0.3, 0.4) is 0 Å². The largest absolute Gasteiger partial charge is 0.354 e. The van der Waals surface area contributed by atoms with Crippen LogP contribution in [0.25, 0.3) is 0 Å². The highest BCUT2D eigenvalue weighted by Gasteiger charge is 2.18. The first-order valence-electron chi connectivity index (χ1n) is 6.10. The van der Waals surface area contributed by atoms with Crippen LogP contribution >= 0.6 is 11.6 Å². The maximum Gasteiger partial charge on any atom is 0.253 e. The van der Waals surface area contributed by atoms with Gasteiger partial charge >= 0.3 is 0 Å². The lowest BCUT2D eigenvalue weighted by Crippen LogP contribution is -2.45. The van der Waals surface area contributed by atoms with E-state index in [4.69, 9.17) is 11.6 Å². The van der Waals surface area contributed by atoms with Crippen LogP contribution in [0.15, 0.2) is 18.5 Å². The lowest BCUT2D eigenvalue weighted by atomic mass is 10.2. The summed E-state index contributed by atoms with van der Waals surface area (Å²) < 4.78 is 0. The summed E-state index contributed by atoms with van der Waals surface area (Å²) in [6.45, 7) is 6.21. The van der Waals surface area contributed by atoms with Crippen molar-refractivity contribution in [3.63, 3.8) is 0 Å². The minimum Gasteiger partial charge on any atom is -0.354 e.